The minimum Gasteiger partial charge on any atom is -0.439 e. The third-order valence-electron chi connectivity index (χ3n) is 8.87. The Morgan fingerprint density at radius 2 is 1.75 bits per heavy atom. The van der Waals surface area contributed by atoms with Crippen molar-refractivity contribution in [3.63, 3.8) is 0 Å². The third kappa shape index (κ3) is 10.1. The number of aliphatic hydroxyl groups is 1. The fourth-order valence-corrected chi connectivity index (χ4v) is 6.10. The van der Waals surface area contributed by atoms with Crippen LogP contribution in [0, 0.1) is 18.8 Å². The zero-order valence-electron chi connectivity index (χ0n) is 30.3. The van der Waals surface area contributed by atoms with Crippen molar-refractivity contribution in [2.75, 3.05) is 20.8 Å². The lowest BCUT2D eigenvalue weighted by molar-refractivity contribution is -0.126. The monoisotopic (exact) mass is 703 g/mol. The van der Waals surface area contributed by atoms with E-state index in [0.29, 0.717) is 5.57 Å². The first-order valence-electron chi connectivity index (χ1n) is 16.7. The van der Waals surface area contributed by atoms with Crippen LogP contribution in [0.3, 0.4) is 0 Å². The zero-order valence-corrected chi connectivity index (χ0v) is 30.3. The SMILES string of the molecule is C=CCNC1=C2C[C@@H](C)C[C@H](OC)[C@H](O)[C@@H](C)/C=C(\C)[C@H](OC(N)=O)[C@@H](OC)/C=C\C=C(/C)C(=O)N(C(=O)c3ccc(C)cc3)C(=CC1=O)C2=O. The first-order valence-corrected chi connectivity index (χ1v) is 16.7. The van der Waals surface area contributed by atoms with Crippen LogP contribution < -0.4 is 11.1 Å². The summed E-state index contributed by atoms with van der Waals surface area (Å²) in [5, 5.41) is 14.4. The summed E-state index contributed by atoms with van der Waals surface area (Å²) in [6, 6.07) is 6.49. The highest BCUT2D eigenvalue weighted by molar-refractivity contribution is 6.26. The Kier molecular flexibility index (Phi) is 14.6. The predicted molar refractivity (Wildman–Crippen MR) is 192 cm³/mol. The average molecular weight is 704 g/mol. The largest absolute Gasteiger partial charge is 0.439 e. The number of hydrogen-bond donors (Lipinski definition) is 3. The molecule has 3 rings (SSSR count). The maximum absolute atomic E-state index is 14.4. The van der Waals surface area contributed by atoms with E-state index in [1.807, 2.05) is 13.8 Å². The lowest BCUT2D eigenvalue weighted by Gasteiger charge is -2.30. The number of primary amides is 1. The summed E-state index contributed by atoms with van der Waals surface area (Å²) < 4.78 is 16.8. The van der Waals surface area contributed by atoms with Crippen molar-refractivity contribution in [1.82, 2.24) is 10.2 Å². The number of methoxy groups -OCH3 is 2. The van der Waals surface area contributed by atoms with E-state index >= 15 is 0 Å². The Hall–Kier alpha value is -4.91. The van der Waals surface area contributed by atoms with Crippen molar-refractivity contribution in [2.45, 2.75) is 71.9 Å². The number of carbonyl (C=O) groups is 5. The third-order valence-corrected chi connectivity index (χ3v) is 8.87. The molecule has 0 aromatic heterocycles. The van der Waals surface area contributed by atoms with E-state index in [0.717, 1.165) is 16.5 Å². The van der Waals surface area contributed by atoms with Crippen molar-refractivity contribution < 1.29 is 43.3 Å². The maximum Gasteiger partial charge on any atom is 0.405 e. The molecule has 0 unspecified atom stereocenters. The van der Waals surface area contributed by atoms with Crippen molar-refractivity contribution in [3.8, 4) is 0 Å². The highest BCUT2D eigenvalue weighted by atomic mass is 16.6. The van der Waals surface area contributed by atoms with Gasteiger partial charge in [0.25, 0.3) is 11.8 Å². The van der Waals surface area contributed by atoms with Gasteiger partial charge in [-0.3, -0.25) is 19.2 Å². The number of fused-ring (bicyclic) bond motifs is 2. The quantitative estimate of drug-likeness (QED) is 0.210. The molecule has 0 spiro atoms. The minimum atomic E-state index is -1.04. The first-order chi connectivity index (χ1) is 24.1. The number of nitrogens with two attached hydrogens (primary N) is 1. The number of benzene rings is 1. The number of hydrogen-bond acceptors (Lipinski definition) is 10. The van der Waals surface area contributed by atoms with Crippen LogP contribution in [0.15, 0.2) is 95.4 Å². The Labute approximate surface area is 299 Å². The Balaban J connectivity index is 2.28. The number of carbonyl (C=O) groups excluding carboxylic acids is 5. The molecule has 3 amide bonds. The highest BCUT2D eigenvalue weighted by Crippen LogP contribution is 2.31. The van der Waals surface area contributed by atoms with Crippen molar-refractivity contribution >= 4 is 29.5 Å². The van der Waals surface area contributed by atoms with E-state index in [-0.39, 0.29) is 47.7 Å². The number of Topliss-reactive ketones (excluding diaryl/α,β-unsaturated/α-hetero) is 1. The van der Waals surface area contributed by atoms with Crippen LogP contribution in [0.1, 0.15) is 56.5 Å². The lowest BCUT2D eigenvalue weighted by Crippen LogP contribution is -2.43. The summed E-state index contributed by atoms with van der Waals surface area (Å²) >= 11 is 0. The molecule has 4 N–H and O–H groups in total. The van der Waals surface area contributed by atoms with Crippen molar-refractivity contribution in [3.05, 3.63) is 107 Å². The Morgan fingerprint density at radius 1 is 1.08 bits per heavy atom. The number of amides is 3. The van der Waals surface area contributed by atoms with E-state index in [4.69, 9.17) is 19.9 Å². The van der Waals surface area contributed by atoms with E-state index < -0.39 is 65.5 Å². The van der Waals surface area contributed by atoms with Gasteiger partial charge in [-0.1, -0.05) is 61.9 Å². The summed E-state index contributed by atoms with van der Waals surface area (Å²) in [5.74, 6) is -3.72. The normalized spacial score (nSPS) is 28.2. The van der Waals surface area contributed by atoms with Crippen LogP contribution in [0.5, 0.6) is 0 Å². The molecule has 0 fully saturated rings. The summed E-state index contributed by atoms with van der Waals surface area (Å²) in [5.41, 5.74) is 6.74. The summed E-state index contributed by atoms with van der Waals surface area (Å²) in [6.07, 6.45) is 4.39. The second-order valence-electron chi connectivity index (χ2n) is 12.9. The molecule has 12 heteroatoms. The van der Waals surface area contributed by atoms with Crippen LogP contribution in [0.25, 0.3) is 0 Å². The Morgan fingerprint density at radius 3 is 2.33 bits per heavy atom. The van der Waals surface area contributed by atoms with Gasteiger partial charge in [-0.25, -0.2) is 9.69 Å². The zero-order chi connectivity index (χ0) is 38.0. The predicted octanol–water partition coefficient (Wildman–Crippen LogP) is 4.40. The number of nitrogens with one attached hydrogen (secondary N) is 1. The van der Waals surface area contributed by atoms with Crippen molar-refractivity contribution in [2.24, 2.45) is 17.6 Å². The Bertz CT molecular complexity index is 1670. The maximum atomic E-state index is 14.4. The second-order valence-corrected chi connectivity index (χ2v) is 12.9. The smallest absolute Gasteiger partial charge is 0.405 e. The fraction of sp³-hybridized carbons (Fsp3) is 0.410. The molecule has 274 valence electrons. The molecule has 1 aliphatic carbocycles. The number of aryl methyl sites for hydroxylation is 1. The van der Waals surface area contributed by atoms with Gasteiger partial charge in [0.15, 0.2) is 6.10 Å². The van der Waals surface area contributed by atoms with Gasteiger partial charge < -0.3 is 30.4 Å². The van der Waals surface area contributed by atoms with Gasteiger partial charge in [0.05, 0.1) is 17.9 Å². The first kappa shape index (κ1) is 40.5. The van der Waals surface area contributed by atoms with Crippen LogP contribution in [0.4, 0.5) is 4.79 Å². The van der Waals surface area contributed by atoms with E-state index in [9.17, 15) is 29.1 Å². The average Bonchev–Trinajstić information content (AvgIpc) is 3.09. The number of aliphatic hydroxyl groups excluding tert-OH is 1. The van der Waals surface area contributed by atoms with Crippen LogP contribution in [-0.2, 0) is 28.6 Å². The lowest BCUT2D eigenvalue weighted by atomic mass is 9.84. The molecule has 1 aromatic carbocycles. The van der Waals surface area contributed by atoms with Crippen LogP contribution >= 0.6 is 0 Å². The molecule has 1 heterocycles. The van der Waals surface area contributed by atoms with Crippen LogP contribution in [0.2, 0.25) is 0 Å². The van der Waals surface area contributed by atoms with Gasteiger partial charge >= 0.3 is 6.09 Å². The molecule has 51 heavy (non-hydrogen) atoms. The number of allylic oxidation sites excluding steroid dienone is 4. The van der Waals surface area contributed by atoms with Crippen molar-refractivity contribution in [1.29, 1.82) is 0 Å². The molecule has 12 nitrogen and oxygen atoms in total. The van der Waals surface area contributed by atoms with Gasteiger partial charge in [-0.05, 0) is 57.2 Å². The molecule has 6 atom stereocenters. The minimum absolute atomic E-state index is 0.0410. The second kappa shape index (κ2) is 18.4. The fourth-order valence-electron chi connectivity index (χ4n) is 6.10. The van der Waals surface area contributed by atoms with Gasteiger partial charge in [0.2, 0.25) is 11.6 Å². The number of ketones is 2. The molecular formula is C39H49N3O9. The molecular weight excluding hydrogens is 654 g/mol. The van der Waals surface area contributed by atoms with Gasteiger partial charge in [0.1, 0.15) is 11.8 Å². The number of imide groups is 1. The summed E-state index contributed by atoms with van der Waals surface area (Å²) in [7, 11) is 2.87. The van der Waals surface area contributed by atoms with E-state index in [1.165, 1.54) is 45.4 Å². The summed E-state index contributed by atoms with van der Waals surface area (Å²) in [6.45, 7) is 12.5. The topological polar surface area (TPSA) is 175 Å². The van der Waals surface area contributed by atoms with Crippen LogP contribution in [-0.4, -0.2) is 84.7 Å². The highest BCUT2D eigenvalue weighted by Gasteiger charge is 2.39. The summed E-state index contributed by atoms with van der Waals surface area (Å²) in [4.78, 5) is 69.1. The number of ether oxygens (including phenoxy) is 3. The molecule has 0 saturated carbocycles. The van der Waals surface area contributed by atoms with Gasteiger partial charge in [-0.2, -0.15) is 0 Å². The van der Waals surface area contributed by atoms with Gasteiger partial charge in [0, 0.05) is 49.5 Å². The van der Waals surface area contributed by atoms with E-state index in [1.54, 1.807) is 44.2 Å². The van der Waals surface area contributed by atoms with E-state index in [2.05, 4.69) is 11.9 Å². The molecule has 1 aromatic rings. The molecule has 2 aliphatic rings. The number of rotatable bonds is 7. The van der Waals surface area contributed by atoms with Gasteiger partial charge in [-0.15, -0.1) is 6.58 Å². The molecule has 0 radical (unpaired) electrons. The molecule has 2 bridgehead atoms. The molecule has 1 aliphatic heterocycles. The molecule has 0 saturated heterocycles. The number of nitrogens with zero attached hydrogens (tertiary/aromatic N) is 1. The standard InChI is InChI=1S/C39H49N3O9/c1-9-17-41-33-28-18-23(3)19-32(50-8)34(44)25(5)20-26(6)36(51-39(40)48)31(49-7)12-10-11-24(4)37(46)42(29(35(28)45)21-30(33)43)38(47)27-15-13-22(2)14-16-27/h9-16,20-21,23,25,31-32,34,36,41,44H,1,17-19H2,2-8H3,(H2,40,48)/b12-10-,24-11+,26-20+/t23-,25+,31+,32+,34-,36+/m1/s1.